The van der Waals surface area contributed by atoms with Gasteiger partial charge < -0.3 is 9.15 Å². The van der Waals surface area contributed by atoms with Crippen LogP contribution < -0.4 is 15.6 Å². The number of nitrogens with one attached hydrogen (secondary N) is 2. The summed E-state index contributed by atoms with van der Waals surface area (Å²) in [6.45, 7) is 0.0450. The van der Waals surface area contributed by atoms with Crippen molar-refractivity contribution < 1.29 is 27.1 Å². The number of para-hydroxylation sites is 2. The highest BCUT2D eigenvalue weighted by Crippen LogP contribution is 2.27. The second-order valence-electron chi connectivity index (χ2n) is 6.31. The van der Waals surface area contributed by atoms with E-state index in [2.05, 4.69) is 10.9 Å². The van der Waals surface area contributed by atoms with Gasteiger partial charge in [-0.15, -0.1) is 0 Å². The Morgan fingerprint density at radius 2 is 1.63 bits per heavy atom. The fraction of sp³-hybridized carbons (Fsp3) is 0.0455. The van der Waals surface area contributed by atoms with E-state index in [-0.39, 0.29) is 12.4 Å². The van der Waals surface area contributed by atoms with Crippen molar-refractivity contribution >= 4 is 22.6 Å². The Bertz CT molecular complexity index is 1210. The van der Waals surface area contributed by atoms with Gasteiger partial charge in [-0.25, -0.2) is 13.2 Å². The second kappa shape index (κ2) is 8.20. The molecular formula is C22H15F3N2O3. The van der Waals surface area contributed by atoms with Crippen LogP contribution in [-0.4, -0.2) is 5.91 Å². The zero-order valence-corrected chi connectivity index (χ0v) is 15.4. The van der Waals surface area contributed by atoms with Gasteiger partial charge in [-0.3, -0.25) is 15.6 Å². The van der Waals surface area contributed by atoms with Gasteiger partial charge in [0.15, 0.2) is 17.5 Å². The number of carbonyl (C=O) groups excluding carboxylic acids is 1. The van der Waals surface area contributed by atoms with Crippen LogP contribution >= 0.6 is 0 Å². The lowest BCUT2D eigenvalue weighted by atomic mass is 10.1. The lowest BCUT2D eigenvalue weighted by molar-refractivity contribution is 0.0933. The van der Waals surface area contributed by atoms with Crippen molar-refractivity contribution in [1.29, 1.82) is 0 Å². The third-order valence-corrected chi connectivity index (χ3v) is 4.38. The van der Waals surface area contributed by atoms with Crippen molar-refractivity contribution in [2.75, 3.05) is 5.43 Å². The quantitative estimate of drug-likeness (QED) is 0.338. The van der Waals surface area contributed by atoms with Gasteiger partial charge in [0.05, 0.1) is 5.69 Å². The Morgan fingerprint density at radius 3 is 2.43 bits per heavy atom. The van der Waals surface area contributed by atoms with Gasteiger partial charge in [0.2, 0.25) is 5.76 Å². The molecular weight excluding hydrogens is 397 g/mol. The Morgan fingerprint density at radius 1 is 0.900 bits per heavy atom. The molecule has 0 unspecified atom stereocenters. The molecule has 0 saturated carbocycles. The maximum absolute atomic E-state index is 13.8. The van der Waals surface area contributed by atoms with E-state index in [1.165, 1.54) is 0 Å². The fourth-order valence-corrected chi connectivity index (χ4v) is 2.90. The summed E-state index contributed by atoms with van der Waals surface area (Å²) in [7, 11) is 0. The molecule has 1 amide bonds. The number of carbonyl (C=O) groups is 1. The lowest BCUT2D eigenvalue weighted by Gasteiger charge is -2.10. The maximum Gasteiger partial charge on any atom is 0.305 e. The van der Waals surface area contributed by atoms with E-state index in [1.807, 2.05) is 18.2 Å². The first-order chi connectivity index (χ1) is 14.5. The molecule has 0 spiro atoms. The van der Waals surface area contributed by atoms with Crippen LogP contribution in [0.3, 0.4) is 0 Å². The minimum atomic E-state index is -1.64. The Balaban J connectivity index is 1.58. The molecule has 5 nitrogen and oxygen atoms in total. The molecule has 2 N–H and O–H groups in total. The van der Waals surface area contributed by atoms with Crippen LogP contribution in [0, 0.1) is 17.5 Å². The number of rotatable bonds is 6. The van der Waals surface area contributed by atoms with Gasteiger partial charge in [0, 0.05) is 10.9 Å². The zero-order chi connectivity index (χ0) is 21.1. The standard InChI is InChI=1S/C22H15F3N2O3/c23-16-10-11-17(20(25)19(16)24)26-27-22(28)21-15(12-29-13-6-2-1-3-7-13)14-8-4-5-9-18(14)30-21/h1-11,26H,12H2,(H,27,28). The molecule has 4 rings (SSSR count). The molecule has 1 aromatic heterocycles. The molecule has 0 aliphatic carbocycles. The number of amides is 1. The molecule has 0 saturated heterocycles. The van der Waals surface area contributed by atoms with Crippen LogP contribution in [0.5, 0.6) is 5.75 Å². The molecule has 0 atom stereocenters. The summed E-state index contributed by atoms with van der Waals surface area (Å²) in [4.78, 5) is 12.7. The predicted molar refractivity (Wildman–Crippen MR) is 104 cm³/mol. The third kappa shape index (κ3) is 3.80. The summed E-state index contributed by atoms with van der Waals surface area (Å²) in [6.07, 6.45) is 0. The molecule has 0 radical (unpaired) electrons. The summed E-state index contributed by atoms with van der Waals surface area (Å²) in [6, 6.07) is 17.8. The topological polar surface area (TPSA) is 63.5 Å². The van der Waals surface area contributed by atoms with E-state index < -0.39 is 29.0 Å². The molecule has 4 aromatic rings. The largest absolute Gasteiger partial charge is 0.489 e. The van der Waals surface area contributed by atoms with E-state index in [0.717, 1.165) is 12.1 Å². The molecule has 30 heavy (non-hydrogen) atoms. The predicted octanol–water partition coefficient (Wildman–Crippen LogP) is 5.19. The van der Waals surface area contributed by atoms with Gasteiger partial charge in [0.1, 0.15) is 17.9 Å². The SMILES string of the molecule is O=C(NNc1ccc(F)c(F)c1F)c1oc2ccccc2c1COc1ccccc1. The van der Waals surface area contributed by atoms with E-state index >= 15 is 0 Å². The molecule has 1 heterocycles. The zero-order valence-electron chi connectivity index (χ0n) is 15.4. The molecule has 152 valence electrons. The summed E-state index contributed by atoms with van der Waals surface area (Å²) >= 11 is 0. The highest BCUT2D eigenvalue weighted by Gasteiger charge is 2.22. The average Bonchev–Trinajstić information content (AvgIpc) is 3.15. The Kier molecular flexibility index (Phi) is 5.30. The van der Waals surface area contributed by atoms with Crippen molar-refractivity contribution in [1.82, 2.24) is 5.43 Å². The smallest absolute Gasteiger partial charge is 0.305 e. The number of hydrazine groups is 1. The van der Waals surface area contributed by atoms with E-state index in [0.29, 0.717) is 22.3 Å². The highest BCUT2D eigenvalue weighted by atomic mass is 19.2. The number of anilines is 1. The first-order valence-corrected chi connectivity index (χ1v) is 8.92. The van der Waals surface area contributed by atoms with Crippen LogP contribution in [0.4, 0.5) is 18.9 Å². The lowest BCUT2D eigenvalue weighted by Crippen LogP contribution is -2.30. The Labute approximate surface area is 169 Å². The summed E-state index contributed by atoms with van der Waals surface area (Å²) < 4.78 is 51.6. The number of halogens is 3. The van der Waals surface area contributed by atoms with Gasteiger partial charge in [-0.2, -0.15) is 0 Å². The minimum absolute atomic E-state index is 0.0450. The van der Waals surface area contributed by atoms with Gasteiger partial charge in [-0.1, -0.05) is 36.4 Å². The van der Waals surface area contributed by atoms with Crippen LogP contribution in [0.1, 0.15) is 16.1 Å². The summed E-state index contributed by atoms with van der Waals surface area (Å²) in [5, 5.41) is 0.678. The monoisotopic (exact) mass is 412 g/mol. The van der Waals surface area contributed by atoms with Crippen LogP contribution in [0.2, 0.25) is 0 Å². The summed E-state index contributed by atoms with van der Waals surface area (Å²) in [5.74, 6) is -4.61. The molecule has 0 aliphatic rings. The van der Waals surface area contributed by atoms with Crippen molar-refractivity contribution in [2.24, 2.45) is 0 Å². The van der Waals surface area contributed by atoms with Crippen LogP contribution in [0.15, 0.2) is 71.1 Å². The second-order valence-corrected chi connectivity index (χ2v) is 6.31. The van der Waals surface area contributed by atoms with Gasteiger partial charge >= 0.3 is 5.91 Å². The van der Waals surface area contributed by atoms with E-state index in [4.69, 9.17) is 9.15 Å². The average molecular weight is 412 g/mol. The number of fused-ring (bicyclic) bond motifs is 1. The van der Waals surface area contributed by atoms with Gasteiger partial charge in [0.25, 0.3) is 0 Å². The van der Waals surface area contributed by atoms with Crippen molar-refractivity contribution in [3.63, 3.8) is 0 Å². The number of hydrogen-bond acceptors (Lipinski definition) is 4. The number of ether oxygens (including phenoxy) is 1. The number of benzene rings is 3. The van der Waals surface area contributed by atoms with Crippen molar-refractivity contribution in [3.05, 3.63) is 95.5 Å². The summed E-state index contributed by atoms with van der Waals surface area (Å²) in [5.41, 5.74) is 5.00. The maximum atomic E-state index is 13.8. The van der Waals surface area contributed by atoms with E-state index in [1.54, 1.807) is 36.4 Å². The highest BCUT2D eigenvalue weighted by molar-refractivity contribution is 5.99. The molecule has 0 bridgehead atoms. The molecule has 8 heteroatoms. The normalized spacial score (nSPS) is 10.8. The fourth-order valence-electron chi connectivity index (χ4n) is 2.90. The molecule has 3 aromatic carbocycles. The minimum Gasteiger partial charge on any atom is -0.489 e. The first kappa shape index (κ1) is 19.4. The Hall–Kier alpha value is -3.94. The first-order valence-electron chi connectivity index (χ1n) is 8.92. The number of furan rings is 1. The van der Waals surface area contributed by atoms with E-state index in [9.17, 15) is 18.0 Å². The number of hydrogen-bond donors (Lipinski definition) is 2. The van der Waals surface area contributed by atoms with Gasteiger partial charge in [-0.05, 0) is 30.3 Å². The van der Waals surface area contributed by atoms with Crippen LogP contribution in [0.25, 0.3) is 11.0 Å². The van der Waals surface area contributed by atoms with Crippen molar-refractivity contribution in [2.45, 2.75) is 6.61 Å². The molecule has 0 aliphatic heterocycles. The third-order valence-electron chi connectivity index (χ3n) is 4.38. The van der Waals surface area contributed by atoms with Crippen LogP contribution in [-0.2, 0) is 6.61 Å². The van der Waals surface area contributed by atoms with Crippen molar-refractivity contribution in [3.8, 4) is 5.75 Å². The molecule has 0 fully saturated rings.